The van der Waals surface area contributed by atoms with Crippen molar-refractivity contribution < 1.29 is 19.1 Å². The molecule has 0 atom stereocenters. The van der Waals surface area contributed by atoms with Gasteiger partial charge >= 0.3 is 0 Å². The van der Waals surface area contributed by atoms with Crippen LogP contribution >= 0.6 is 78.6 Å². The van der Waals surface area contributed by atoms with Gasteiger partial charge in [0.2, 0.25) is 5.91 Å². The van der Waals surface area contributed by atoms with Gasteiger partial charge in [-0.2, -0.15) is 0 Å². The van der Waals surface area contributed by atoms with E-state index in [1.54, 1.807) is 54.2 Å². The molecule has 1 aliphatic heterocycles. The zero-order chi connectivity index (χ0) is 27.4. The van der Waals surface area contributed by atoms with Crippen LogP contribution in [0.4, 0.5) is 10.5 Å². The fourth-order valence-electron chi connectivity index (χ4n) is 3.42. The summed E-state index contributed by atoms with van der Waals surface area (Å²) in [4.78, 5) is 40.1. The number of hydrogen-bond acceptors (Lipinski definition) is 6. The molecule has 38 heavy (non-hydrogen) atoms. The number of carbonyl (C=O) groups excluding carboxylic acids is 3. The zero-order valence-corrected chi connectivity index (χ0v) is 25.9. The van der Waals surface area contributed by atoms with Gasteiger partial charge in [0.1, 0.15) is 18.9 Å². The highest BCUT2D eigenvalue weighted by atomic mass is 79.9. The molecule has 0 spiro atoms. The summed E-state index contributed by atoms with van der Waals surface area (Å²) < 4.78 is 7.21. The molecular weight excluding hydrogens is 699 g/mol. The van der Waals surface area contributed by atoms with E-state index in [1.165, 1.54) is 0 Å². The number of rotatable bonds is 8. The van der Waals surface area contributed by atoms with E-state index in [-0.39, 0.29) is 18.1 Å². The SMILES string of the molecule is CSc1cccc(NC(=O)CN2C(=O)S/C(=C/c3cc(Br)c(OCc4ccc(Cl)cc4Cl)c(Br)c3)C2=O)c1. The Balaban J connectivity index is 1.44. The number of amides is 3. The summed E-state index contributed by atoms with van der Waals surface area (Å²) in [6.07, 6.45) is 3.53. The standard InChI is InChI=1S/C26H18Br2Cl2N2O4S2/c1-37-18-4-2-3-17(11-18)31-23(33)12-32-25(34)22(38-26(32)35)9-14-7-19(27)24(20(28)8-14)36-13-15-5-6-16(29)10-21(15)30/h2-11H,12-13H2,1H3,(H,31,33)/b22-9+. The van der Waals surface area contributed by atoms with Crippen molar-refractivity contribution in [2.75, 3.05) is 18.1 Å². The number of anilines is 1. The van der Waals surface area contributed by atoms with Crippen LogP contribution in [0, 0.1) is 0 Å². The van der Waals surface area contributed by atoms with Crippen LogP contribution in [0.3, 0.4) is 0 Å². The Morgan fingerprint density at radius 1 is 1.11 bits per heavy atom. The molecule has 1 N–H and O–H groups in total. The first-order valence-electron chi connectivity index (χ1n) is 10.9. The van der Waals surface area contributed by atoms with Gasteiger partial charge in [-0.25, -0.2) is 0 Å². The zero-order valence-electron chi connectivity index (χ0n) is 19.6. The van der Waals surface area contributed by atoms with Crippen molar-refractivity contribution >= 4 is 107 Å². The van der Waals surface area contributed by atoms with Gasteiger partial charge in [-0.15, -0.1) is 11.8 Å². The third kappa shape index (κ3) is 7.16. The second-order valence-corrected chi connectivity index (χ2v) is 12.3. The minimum Gasteiger partial charge on any atom is -0.486 e. The Kier molecular flexibility index (Phi) is 9.89. The van der Waals surface area contributed by atoms with Gasteiger partial charge in [0.25, 0.3) is 11.1 Å². The Morgan fingerprint density at radius 2 is 1.84 bits per heavy atom. The van der Waals surface area contributed by atoms with Gasteiger partial charge in [0.15, 0.2) is 0 Å². The molecule has 3 amide bonds. The van der Waals surface area contributed by atoms with E-state index < -0.39 is 17.1 Å². The lowest BCUT2D eigenvalue weighted by Gasteiger charge is -2.13. The molecule has 0 radical (unpaired) electrons. The molecular formula is C26H18Br2Cl2N2O4S2. The molecule has 1 fully saturated rings. The number of halogens is 4. The van der Waals surface area contributed by atoms with Crippen LogP contribution in [0.2, 0.25) is 10.0 Å². The van der Waals surface area contributed by atoms with Gasteiger partial charge < -0.3 is 10.1 Å². The molecule has 3 aromatic rings. The number of nitrogens with one attached hydrogen (secondary N) is 1. The lowest BCUT2D eigenvalue weighted by atomic mass is 10.2. The fraction of sp³-hybridized carbons (Fsp3) is 0.115. The molecule has 0 bridgehead atoms. The maximum atomic E-state index is 12.9. The molecule has 196 valence electrons. The van der Waals surface area contributed by atoms with E-state index in [0.717, 1.165) is 27.1 Å². The van der Waals surface area contributed by atoms with Crippen molar-refractivity contribution in [3.05, 3.63) is 89.6 Å². The van der Waals surface area contributed by atoms with Crippen LogP contribution in [0.5, 0.6) is 5.75 Å². The van der Waals surface area contributed by atoms with Crippen molar-refractivity contribution in [1.82, 2.24) is 4.90 Å². The summed E-state index contributed by atoms with van der Waals surface area (Å²) >= 11 is 21.5. The summed E-state index contributed by atoms with van der Waals surface area (Å²) in [6, 6.07) is 16.0. The molecule has 4 rings (SSSR count). The number of ether oxygens (including phenoxy) is 1. The molecule has 0 aromatic heterocycles. The van der Waals surface area contributed by atoms with Crippen LogP contribution < -0.4 is 10.1 Å². The minimum absolute atomic E-state index is 0.215. The number of hydrogen-bond donors (Lipinski definition) is 1. The van der Waals surface area contributed by atoms with Crippen molar-refractivity contribution in [2.45, 2.75) is 11.5 Å². The van der Waals surface area contributed by atoms with Gasteiger partial charge in [0.05, 0.1) is 13.9 Å². The Morgan fingerprint density at radius 3 is 2.53 bits per heavy atom. The summed E-state index contributed by atoms with van der Waals surface area (Å²) in [5, 5.41) is 3.26. The Labute approximate surface area is 254 Å². The third-order valence-corrected chi connectivity index (χ3v) is 8.63. The highest BCUT2D eigenvalue weighted by Gasteiger charge is 2.36. The van der Waals surface area contributed by atoms with Crippen LogP contribution in [0.25, 0.3) is 6.08 Å². The molecule has 0 saturated carbocycles. The number of benzene rings is 3. The topological polar surface area (TPSA) is 75.7 Å². The van der Waals surface area contributed by atoms with Crippen LogP contribution in [-0.2, 0) is 16.2 Å². The third-order valence-electron chi connectivity index (χ3n) is 5.23. The average Bonchev–Trinajstić information content (AvgIpc) is 3.12. The predicted octanol–water partition coefficient (Wildman–Crippen LogP) is 8.49. The minimum atomic E-state index is -0.530. The Hall–Kier alpha value is -1.95. The first kappa shape index (κ1) is 29.0. The second-order valence-electron chi connectivity index (χ2n) is 7.89. The molecule has 6 nitrogen and oxygen atoms in total. The smallest absolute Gasteiger partial charge is 0.294 e. The monoisotopic (exact) mass is 714 g/mol. The lowest BCUT2D eigenvalue weighted by molar-refractivity contribution is -0.127. The highest BCUT2D eigenvalue weighted by molar-refractivity contribution is 9.11. The van der Waals surface area contributed by atoms with E-state index in [9.17, 15) is 14.4 Å². The van der Waals surface area contributed by atoms with E-state index in [1.807, 2.05) is 24.5 Å². The van der Waals surface area contributed by atoms with E-state index in [2.05, 4.69) is 37.2 Å². The van der Waals surface area contributed by atoms with E-state index in [4.69, 9.17) is 27.9 Å². The van der Waals surface area contributed by atoms with Crippen molar-refractivity contribution in [1.29, 1.82) is 0 Å². The van der Waals surface area contributed by atoms with Gasteiger partial charge in [-0.1, -0.05) is 35.3 Å². The molecule has 1 heterocycles. The molecule has 1 aliphatic rings. The summed E-state index contributed by atoms with van der Waals surface area (Å²) in [7, 11) is 0. The second kappa shape index (κ2) is 12.9. The number of thioether (sulfide) groups is 2. The first-order valence-corrected chi connectivity index (χ1v) is 15.3. The van der Waals surface area contributed by atoms with Crippen LogP contribution in [0.15, 0.2) is 73.3 Å². The summed E-state index contributed by atoms with van der Waals surface area (Å²) in [5.74, 6) is -0.443. The Bertz CT molecular complexity index is 1450. The number of imide groups is 1. The molecule has 0 unspecified atom stereocenters. The van der Waals surface area contributed by atoms with Gasteiger partial charge in [0, 0.05) is 26.2 Å². The molecule has 12 heteroatoms. The van der Waals surface area contributed by atoms with Crippen LogP contribution in [-0.4, -0.2) is 34.8 Å². The van der Waals surface area contributed by atoms with E-state index >= 15 is 0 Å². The average molecular weight is 717 g/mol. The maximum Gasteiger partial charge on any atom is 0.294 e. The van der Waals surface area contributed by atoms with Crippen LogP contribution in [0.1, 0.15) is 11.1 Å². The largest absolute Gasteiger partial charge is 0.486 e. The molecule has 0 aliphatic carbocycles. The first-order chi connectivity index (χ1) is 18.1. The van der Waals surface area contributed by atoms with Crippen molar-refractivity contribution in [2.24, 2.45) is 0 Å². The normalized spacial score (nSPS) is 14.3. The lowest BCUT2D eigenvalue weighted by Crippen LogP contribution is -2.36. The van der Waals surface area contributed by atoms with Crippen molar-refractivity contribution in [3.63, 3.8) is 0 Å². The predicted molar refractivity (Wildman–Crippen MR) is 162 cm³/mol. The maximum absolute atomic E-state index is 12.9. The van der Waals surface area contributed by atoms with Crippen molar-refractivity contribution in [3.8, 4) is 5.75 Å². The fourth-order valence-corrected chi connectivity index (χ4v) is 6.63. The summed E-state index contributed by atoms with van der Waals surface area (Å²) in [5.41, 5.74) is 2.03. The number of carbonyl (C=O) groups is 3. The molecule has 1 saturated heterocycles. The molecule has 3 aromatic carbocycles. The number of nitrogens with zero attached hydrogens (tertiary/aromatic N) is 1. The quantitative estimate of drug-likeness (QED) is 0.186. The van der Waals surface area contributed by atoms with Gasteiger partial charge in [-0.05, 0) is 104 Å². The van der Waals surface area contributed by atoms with Gasteiger partial charge in [-0.3, -0.25) is 19.3 Å². The summed E-state index contributed by atoms with van der Waals surface area (Å²) in [6.45, 7) is -0.159. The highest BCUT2D eigenvalue weighted by Crippen LogP contribution is 2.38. The van der Waals surface area contributed by atoms with E-state index in [0.29, 0.717) is 36.0 Å².